The van der Waals surface area contributed by atoms with Crippen molar-refractivity contribution < 1.29 is 4.79 Å². The first-order chi connectivity index (χ1) is 8.59. The predicted octanol–water partition coefficient (Wildman–Crippen LogP) is 1.16. The summed E-state index contributed by atoms with van der Waals surface area (Å²) >= 11 is 6.01. The lowest BCUT2D eigenvalue weighted by molar-refractivity contribution is -0.135. The summed E-state index contributed by atoms with van der Waals surface area (Å²) < 4.78 is 0. The van der Waals surface area contributed by atoms with Gasteiger partial charge >= 0.3 is 0 Å². The highest BCUT2D eigenvalue weighted by Crippen LogP contribution is 2.25. The molecule has 2 unspecified atom stereocenters. The lowest BCUT2D eigenvalue weighted by Crippen LogP contribution is -2.52. The molecule has 1 heterocycles. The molecule has 0 aromatic heterocycles. The fourth-order valence-electron chi connectivity index (χ4n) is 2.24. The average Bonchev–Trinajstić information content (AvgIpc) is 2.38. The first kappa shape index (κ1) is 13.3. The second kappa shape index (κ2) is 5.69. The van der Waals surface area contributed by atoms with Crippen molar-refractivity contribution >= 4 is 17.5 Å². The molecule has 1 aromatic carbocycles. The molecule has 1 saturated heterocycles. The van der Waals surface area contributed by atoms with Crippen LogP contribution in [0.2, 0.25) is 5.02 Å². The molecule has 1 amide bonds. The molecule has 2 rings (SSSR count). The predicted molar refractivity (Wildman–Crippen MR) is 72.4 cm³/mol. The average molecular weight is 268 g/mol. The molecule has 1 aliphatic heterocycles. The van der Waals surface area contributed by atoms with Gasteiger partial charge in [-0.2, -0.15) is 0 Å². The molecule has 18 heavy (non-hydrogen) atoms. The van der Waals surface area contributed by atoms with E-state index in [2.05, 4.69) is 5.32 Å². The summed E-state index contributed by atoms with van der Waals surface area (Å²) in [5.74, 6) is -0.0125. The Kier molecular flexibility index (Phi) is 4.22. The van der Waals surface area contributed by atoms with Gasteiger partial charge in [0.25, 0.3) is 0 Å². The number of nitrogens with two attached hydrogens (primary N) is 1. The monoisotopic (exact) mass is 267 g/mol. The third kappa shape index (κ3) is 2.83. The lowest BCUT2D eigenvalue weighted by Gasteiger charge is -2.37. The highest BCUT2D eigenvalue weighted by molar-refractivity contribution is 6.30. The number of hydrogen-bond acceptors (Lipinski definition) is 3. The highest BCUT2D eigenvalue weighted by atomic mass is 35.5. The van der Waals surface area contributed by atoms with Crippen molar-refractivity contribution in [1.29, 1.82) is 0 Å². The van der Waals surface area contributed by atoms with Crippen LogP contribution in [-0.2, 0) is 4.79 Å². The normalized spacial score (nSPS) is 21.7. The smallest absolute Gasteiger partial charge is 0.239 e. The molecule has 0 spiro atoms. The molecule has 1 fully saturated rings. The molecule has 0 radical (unpaired) electrons. The minimum atomic E-state index is -0.468. The van der Waals surface area contributed by atoms with E-state index in [1.54, 1.807) is 6.92 Å². The van der Waals surface area contributed by atoms with Gasteiger partial charge in [0.05, 0.1) is 12.1 Å². The van der Waals surface area contributed by atoms with Crippen molar-refractivity contribution in [3.8, 4) is 0 Å². The SMILES string of the molecule is CC(N)C(=O)N1CCNCC1c1cccc(Cl)c1. The van der Waals surface area contributed by atoms with Crippen LogP contribution in [0.25, 0.3) is 0 Å². The molecule has 5 heteroatoms. The van der Waals surface area contributed by atoms with Gasteiger partial charge in [0.15, 0.2) is 0 Å². The topological polar surface area (TPSA) is 58.4 Å². The van der Waals surface area contributed by atoms with E-state index >= 15 is 0 Å². The van der Waals surface area contributed by atoms with Crippen molar-refractivity contribution in [2.45, 2.75) is 19.0 Å². The Bertz CT molecular complexity index is 436. The molecule has 3 N–H and O–H groups in total. The first-order valence-corrected chi connectivity index (χ1v) is 6.49. The molecule has 0 bridgehead atoms. The number of carbonyl (C=O) groups excluding carboxylic acids is 1. The number of hydrogen-bond donors (Lipinski definition) is 2. The molecule has 2 atom stereocenters. The molecular weight excluding hydrogens is 250 g/mol. The van der Waals surface area contributed by atoms with Crippen LogP contribution in [0.4, 0.5) is 0 Å². The fourth-order valence-corrected chi connectivity index (χ4v) is 2.44. The van der Waals surface area contributed by atoms with Gasteiger partial charge in [0.2, 0.25) is 5.91 Å². The summed E-state index contributed by atoms with van der Waals surface area (Å²) in [4.78, 5) is 13.9. The van der Waals surface area contributed by atoms with E-state index in [1.807, 2.05) is 29.2 Å². The molecule has 1 aliphatic rings. The molecule has 4 nitrogen and oxygen atoms in total. The zero-order valence-electron chi connectivity index (χ0n) is 10.4. The van der Waals surface area contributed by atoms with Gasteiger partial charge in [-0.25, -0.2) is 0 Å². The molecule has 0 saturated carbocycles. The quantitative estimate of drug-likeness (QED) is 0.845. The van der Waals surface area contributed by atoms with Gasteiger partial charge in [0, 0.05) is 24.7 Å². The Balaban J connectivity index is 2.25. The molecule has 98 valence electrons. The van der Waals surface area contributed by atoms with Gasteiger partial charge in [-0.15, -0.1) is 0 Å². The van der Waals surface area contributed by atoms with Crippen molar-refractivity contribution in [3.05, 3.63) is 34.9 Å². The van der Waals surface area contributed by atoms with Gasteiger partial charge in [-0.05, 0) is 24.6 Å². The minimum Gasteiger partial charge on any atom is -0.332 e. The number of piperazine rings is 1. The van der Waals surface area contributed by atoms with Crippen LogP contribution in [0.5, 0.6) is 0 Å². The number of rotatable bonds is 2. The third-order valence-corrected chi connectivity index (χ3v) is 3.38. The van der Waals surface area contributed by atoms with E-state index in [0.717, 1.165) is 18.7 Å². The standard InChI is InChI=1S/C13H18ClN3O/c1-9(15)13(18)17-6-5-16-8-12(17)10-3-2-4-11(14)7-10/h2-4,7,9,12,16H,5-6,8,15H2,1H3. The Morgan fingerprint density at radius 1 is 1.61 bits per heavy atom. The van der Waals surface area contributed by atoms with Crippen molar-refractivity contribution in [3.63, 3.8) is 0 Å². The fraction of sp³-hybridized carbons (Fsp3) is 0.462. The number of benzene rings is 1. The largest absolute Gasteiger partial charge is 0.332 e. The van der Waals surface area contributed by atoms with Crippen LogP contribution in [0.3, 0.4) is 0 Å². The maximum absolute atomic E-state index is 12.1. The van der Waals surface area contributed by atoms with E-state index < -0.39 is 6.04 Å². The summed E-state index contributed by atoms with van der Waals surface area (Å²) in [5, 5.41) is 3.99. The summed E-state index contributed by atoms with van der Waals surface area (Å²) in [6, 6.07) is 7.17. The highest BCUT2D eigenvalue weighted by Gasteiger charge is 2.29. The Labute approximate surface area is 112 Å². The number of amides is 1. The lowest BCUT2D eigenvalue weighted by atomic mass is 10.0. The molecule has 0 aliphatic carbocycles. The Morgan fingerprint density at radius 3 is 3.06 bits per heavy atom. The van der Waals surface area contributed by atoms with Crippen LogP contribution >= 0.6 is 11.6 Å². The zero-order chi connectivity index (χ0) is 13.1. The summed E-state index contributed by atoms with van der Waals surface area (Å²) in [5.41, 5.74) is 6.74. The zero-order valence-corrected chi connectivity index (χ0v) is 11.2. The number of carbonyl (C=O) groups is 1. The van der Waals surface area contributed by atoms with Gasteiger partial charge < -0.3 is 16.0 Å². The van der Waals surface area contributed by atoms with E-state index in [9.17, 15) is 4.79 Å². The number of halogens is 1. The van der Waals surface area contributed by atoms with Crippen LogP contribution in [0.15, 0.2) is 24.3 Å². The van der Waals surface area contributed by atoms with E-state index in [1.165, 1.54) is 0 Å². The number of nitrogens with one attached hydrogen (secondary N) is 1. The Hall–Kier alpha value is -1.10. The third-order valence-electron chi connectivity index (χ3n) is 3.15. The number of nitrogens with zero attached hydrogens (tertiary/aromatic N) is 1. The van der Waals surface area contributed by atoms with Crippen LogP contribution in [0, 0.1) is 0 Å². The molecular formula is C13H18ClN3O. The van der Waals surface area contributed by atoms with E-state index in [0.29, 0.717) is 11.6 Å². The van der Waals surface area contributed by atoms with Crippen molar-refractivity contribution in [2.24, 2.45) is 5.73 Å². The maximum Gasteiger partial charge on any atom is 0.239 e. The van der Waals surface area contributed by atoms with Gasteiger partial charge in [-0.3, -0.25) is 4.79 Å². The first-order valence-electron chi connectivity index (χ1n) is 6.12. The van der Waals surface area contributed by atoms with Crippen molar-refractivity contribution in [2.75, 3.05) is 19.6 Å². The summed E-state index contributed by atoms with van der Waals surface area (Å²) in [6.07, 6.45) is 0. The second-order valence-electron chi connectivity index (χ2n) is 4.60. The summed E-state index contributed by atoms with van der Waals surface area (Å²) in [6.45, 7) is 3.94. The maximum atomic E-state index is 12.1. The van der Waals surface area contributed by atoms with Crippen LogP contribution < -0.4 is 11.1 Å². The van der Waals surface area contributed by atoms with Gasteiger partial charge in [0.1, 0.15) is 0 Å². The van der Waals surface area contributed by atoms with Crippen LogP contribution in [0.1, 0.15) is 18.5 Å². The van der Waals surface area contributed by atoms with Gasteiger partial charge in [-0.1, -0.05) is 23.7 Å². The van der Waals surface area contributed by atoms with Crippen molar-refractivity contribution in [1.82, 2.24) is 10.2 Å². The van der Waals surface area contributed by atoms with E-state index in [4.69, 9.17) is 17.3 Å². The minimum absolute atomic E-state index is 0.0101. The van der Waals surface area contributed by atoms with E-state index in [-0.39, 0.29) is 11.9 Å². The van der Waals surface area contributed by atoms with Crippen LogP contribution in [-0.4, -0.2) is 36.5 Å². The Morgan fingerprint density at radius 2 is 2.39 bits per heavy atom. The second-order valence-corrected chi connectivity index (χ2v) is 5.03. The summed E-state index contributed by atoms with van der Waals surface area (Å²) in [7, 11) is 0. The molecule has 1 aromatic rings.